The second-order valence-corrected chi connectivity index (χ2v) is 6.94. The molecule has 0 fully saturated rings. The third-order valence-corrected chi connectivity index (χ3v) is 4.60. The van der Waals surface area contributed by atoms with Crippen LogP contribution in [0.25, 0.3) is 16.6 Å². The summed E-state index contributed by atoms with van der Waals surface area (Å²) in [6.45, 7) is 1.77. The maximum atomic E-state index is 12.9. The second-order valence-electron chi connectivity index (χ2n) is 6.02. The van der Waals surface area contributed by atoms with Crippen LogP contribution in [0, 0.1) is 6.92 Å². The SMILES string of the molecule is Cc1cc2n(CC(=O)Nc3cccc(Br)c3)c(=O)c3ccccc3n2n1. The number of benzene rings is 2. The molecule has 2 aromatic carbocycles. The average Bonchev–Trinajstić information content (AvgIpc) is 3.00. The van der Waals surface area contributed by atoms with E-state index in [2.05, 4.69) is 26.3 Å². The second kappa shape index (κ2) is 6.42. The standard InChI is InChI=1S/C19H15BrN4O2/c1-12-9-18-23(11-17(25)21-14-6-4-5-13(20)10-14)19(26)15-7-2-3-8-16(15)24(18)22-12/h2-10H,11H2,1H3,(H,21,25). The highest BCUT2D eigenvalue weighted by Gasteiger charge is 2.15. The van der Waals surface area contributed by atoms with Crippen LogP contribution in [0.3, 0.4) is 0 Å². The lowest BCUT2D eigenvalue weighted by Gasteiger charge is -2.11. The molecule has 0 radical (unpaired) electrons. The number of anilines is 1. The van der Waals surface area contributed by atoms with Crippen LogP contribution in [0.4, 0.5) is 5.69 Å². The van der Waals surface area contributed by atoms with E-state index in [0.717, 1.165) is 15.7 Å². The smallest absolute Gasteiger partial charge is 0.262 e. The maximum absolute atomic E-state index is 12.9. The highest BCUT2D eigenvalue weighted by Crippen LogP contribution is 2.17. The summed E-state index contributed by atoms with van der Waals surface area (Å²) >= 11 is 3.37. The van der Waals surface area contributed by atoms with Crippen molar-refractivity contribution < 1.29 is 4.79 Å². The van der Waals surface area contributed by atoms with Crippen LogP contribution in [0.2, 0.25) is 0 Å². The third-order valence-electron chi connectivity index (χ3n) is 4.11. The number of para-hydroxylation sites is 1. The number of aryl methyl sites for hydroxylation is 1. The summed E-state index contributed by atoms with van der Waals surface area (Å²) in [5, 5.41) is 7.81. The zero-order chi connectivity index (χ0) is 18.3. The molecule has 1 amide bonds. The summed E-state index contributed by atoms with van der Waals surface area (Å²) in [4.78, 5) is 25.4. The molecule has 2 aromatic heterocycles. The van der Waals surface area contributed by atoms with Gasteiger partial charge in [-0.25, -0.2) is 4.52 Å². The summed E-state index contributed by atoms with van der Waals surface area (Å²) in [6, 6.07) is 16.4. The van der Waals surface area contributed by atoms with Gasteiger partial charge >= 0.3 is 0 Å². The highest BCUT2D eigenvalue weighted by atomic mass is 79.9. The molecule has 0 aliphatic carbocycles. The first kappa shape index (κ1) is 16.5. The monoisotopic (exact) mass is 410 g/mol. The molecule has 0 bridgehead atoms. The molecule has 0 saturated heterocycles. The van der Waals surface area contributed by atoms with Gasteiger partial charge in [0.2, 0.25) is 5.91 Å². The predicted molar refractivity (Wildman–Crippen MR) is 104 cm³/mol. The molecule has 1 N–H and O–H groups in total. The summed E-state index contributed by atoms with van der Waals surface area (Å²) in [5.41, 5.74) is 2.55. The quantitative estimate of drug-likeness (QED) is 0.562. The van der Waals surface area contributed by atoms with E-state index in [0.29, 0.717) is 16.7 Å². The van der Waals surface area contributed by atoms with E-state index in [9.17, 15) is 9.59 Å². The van der Waals surface area contributed by atoms with Gasteiger partial charge < -0.3 is 5.32 Å². The number of hydrogen-bond acceptors (Lipinski definition) is 3. The summed E-state index contributed by atoms with van der Waals surface area (Å²) in [5.74, 6) is -0.277. The van der Waals surface area contributed by atoms with Gasteiger partial charge in [-0.05, 0) is 37.3 Å². The summed E-state index contributed by atoms with van der Waals surface area (Å²) in [7, 11) is 0. The van der Waals surface area contributed by atoms with Crippen molar-refractivity contribution in [3.8, 4) is 0 Å². The van der Waals surface area contributed by atoms with Crippen LogP contribution in [0.5, 0.6) is 0 Å². The Kier molecular flexibility index (Phi) is 4.08. The fraction of sp³-hybridized carbons (Fsp3) is 0.105. The number of nitrogens with one attached hydrogen (secondary N) is 1. The molecule has 0 unspecified atom stereocenters. The molecule has 4 aromatic rings. The van der Waals surface area contributed by atoms with Crippen molar-refractivity contribution in [2.24, 2.45) is 0 Å². The average molecular weight is 411 g/mol. The Balaban J connectivity index is 1.79. The van der Waals surface area contributed by atoms with Gasteiger partial charge in [0.05, 0.1) is 16.6 Å². The van der Waals surface area contributed by atoms with Crippen LogP contribution < -0.4 is 10.9 Å². The number of hydrogen-bond donors (Lipinski definition) is 1. The number of nitrogens with zero attached hydrogens (tertiary/aromatic N) is 3. The number of fused-ring (bicyclic) bond motifs is 3. The first-order valence-electron chi connectivity index (χ1n) is 8.06. The van der Waals surface area contributed by atoms with Crippen LogP contribution >= 0.6 is 15.9 Å². The van der Waals surface area contributed by atoms with Crippen LogP contribution in [-0.4, -0.2) is 20.1 Å². The zero-order valence-corrected chi connectivity index (χ0v) is 15.5. The van der Waals surface area contributed by atoms with Crippen molar-refractivity contribution in [1.29, 1.82) is 0 Å². The van der Waals surface area contributed by atoms with E-state index in [4.69, 9.17) is 0 Å². The van der Waals surface area contributed by atoms with Crippen molar-refractivity contribution in [2.75, 3.05) is 5.32 Å². The van der Waals surface area contributed by atoms with Gasteiger partial charge in [-0.1, -0.05) is 34.1 Å². The Hall–Kier alpha value is -2.93. The number of aromatic nitrogens is 3. The lowest BCUT2D eigenvalue weighted by molar-refractivity contribution is -0.116. The maximum Gasteiger partial charge on any atom is 0.262 e. The molecule has 26 heavy (non-hydrogen) atoms. The normalized spacial score (nSPS) is 11.2. The lowest BCUT2D eigenvalue weighted by atomic mass is 10.2. The number of rotatable bonds is 3. The van der Waals surface area contributed by atoms with Gasteiger partial charge in [-0.2, -0.15) is 5.10 Å². The molecular weight excluding hydrogens is 396 g/mol. The molecule has 0 aliphatic rings. The van der Waals surface area contributed by atoms with E-state index >= 15 is 0 Å². The number of carbonyl (C=O) groups is 1. The summed E-state index contributed by atoms with van der Waals surface area (Å²) in [6.07, 6.45) is 0. The first-order valence-corrected chi connectivity index (χ1v) is 8.85. The molecule has 6 nitrogen and oxygen atoms in total. The van der Waals surface area contributed by atoms with E-state index in [1.807, 2.05) is 31.2 Å². The van der Waals surface area contributed by atoms with Gasteiger partial charge in [0.15, 0.2) is 0 Å². The van der Waals surface area contributed by atoms with E-state index in [1.165, 1.54) is 4.57 Å². The molecular formula is C19H15BrN4O2. The van der Waals surface area contributed by atoms with Crippen LogP contribution in [0.1, 0.15) is 5.69 Å². The Morgan fingerprint density at radius 3 is 2.77 bits per heavy atom. The molecule has 4 rings (SSSR count). The zero-order valence-electron chi connectivity index (χ0n) is 13.9. The van der Waals surface area contributed by atoms with Crippen molar-refractivity contribution in [2.45, 2.75) is 13.5 Å². The molecule has 0 spiro atoms. The lowest BCUT2D eigenvalue weighted by Crippen LogP contribution is -2.29. The van der Waals surface area contributed by atoms with Gasteiger partial charge in [-0.3, -0.25) is 14.2 Å². The minimum absolute atomic E-state index is 0.0924. The minimum atomic E-state index is -0.277. The fourth-order valence-electron chi connectivity index (χ4n) is 3.01. The number of halogens is 1. The molecule has 130 valence electrons. The molecule has 2 heterocycles. The Bertz CT molecular complexity index is 1210. The van der Waals surface area contributed by atoms with Gasteiger partial charge in [0.25, 0.3) is 5.56 Å². The molecule has 0 aliphatic heterocycles. The van der Waals surface area contributed by atoms with Gasteiger partial charge in [-0.15, -0.1) is 0 Å². The first-order chi connectivity index (χ1) is 12.5. The van der Waals surface area contributed by atoms with Crippen LogP contribution in [0.15, 0.2) is 63.9 Å². The summed E-state index contributed by atoms with van der Waals surface area (Å²) < 4.78 is 4.03. The van der Waals surface area contributed by atoms with Crippen molar-refractivity contribution in [1.82, 2.24) is 14.2 Å². The Labute approximate surface area is 157 Å². The minimum Gasteiger partial charge on any atom is -0.324 e. The van der Waals surface area contributed by atoms with Gasteiger partial charge in [0, 0.05) is 16.2 Å². The number of amides is 1. The fourth-order valence-corrected chi connectivity index (χ4v) is 3.41. The van der Waals surface area contributed by atoms with Crippen molar-refractivity contribution in [3.63, 3.8) is 0 Å². The van der Waals surface area contributed by atoms with E-state index < -0.39 is 0 Å². The Morgan fingerprint density at radius 1 is 1.15 bits per heavy atom. The van der Waals surface area contributed by atoms with E-state index in [-0.39, 0.29) is 18.0 Å². The topological polar surface area (TPSA) is 68.4 Å². The number of carbonyl (C=O) groups excluding carboxylic acids is 1. The molecule has 0 saturated carbocycles. The Morgan fingerprint density at radius 2 is 1.96 bits per heavy atom. The van der Waals surface area contributed by atoms with Crippen LogP contribution in [-0.2, 0) is 11.3 Å². The molecule has 7 heteroatoms. The largest absolute Gasteiger partial charge is 0.324 e. The molecule has 0 atom stereocenters. The third kappa shape index (κ3) is 2.90. The van der Waals surface area contributed by atoms with E-state index in [1.54, 1.807) is 34.8 Å². The van der Waals surface area contributed by atoms with Crippen molar-refractivity contribution in [3.05, 3.63) is 75.1 Å². The van der Waals surface area contributed by atoms with Gasteiger partial charge in [0.1, 0.15) is 12.2 Å². The predicted octanol–water partition coefficient (Wildman–Crippen LogP) is 3.36. The highest BCUT2D eigenvalue weighted by molar-refractivity contribution is 9.10. The van der Waals surface area contributed by atoms with Crippen molar-refractivity contribution >= 4 is 44.1 Å².